The number of nitrogens with one attached hydrogen (secondary N) is 2. The van der Waals surface area contributed by atoms with Gasteiger partial charge in [-0.05, 0) is 36.3 Å². The molecule has 42 heavy (non-hydrogen) atoms. The number of aromatic nitrogens is 1. The van der Waals surface area contributed by atoms with E-state index in [0.29, 0.717) is 22.3 Å². The topological polar surface area (TPSA) is 81.6 Å². The van der Waals surface area contributed by atoms with Crippen molar-refractivity contribution in [2.45, 2.75) is 42.9 Å². The molecule has 2 aromatic carbocycles. The smallest absolute Gasteiger partial charge is 0.406 e. The van der Waals surface area contributed by atoms with Crippen molar-refractivity contribution in [3.8, 4) is 17.6 Å². The minimum atomic E-state index is -4.42. The van der Waals surface area contributed by atoms with E-state index in [1.165, 1.54) is 23.8 Å². The maximum absolute atomic E-state index is 13.6. The van der Waals surface area contributed by atoms with E-state index in [2.05, 4.69) is 22.5 Å². The van der Waals surface area contributed by atoms with Gasteiger partial charge in [-0.1, -0.05) is 12.0 Å². The van der Waals surface area contributed by atoms with E-state index in [4.69, 9.17) is 9.47 Å². The number of halogens is 3. The summed E-state index contributed by atoms with van der Waals surface area (Å²) < 4.78 is 77.8. The van der Waals surface area contributed by atoms with E-state index < -0.39 is 22.6 Å². The average Bonchev–Trinajstić information content (AvgIpc) is 3.29. The second kappa shape index (κ2) is 12.1. The third-order valence-electron chi connectivity index (χ3n) is 8.02. The van der Waals surface area contributed by atoms with Gasteiger partial charge in [-0.15, -0.1) is 0 Å². The molecule has 0 amide bonds. The molecular weight excluding hydrogens is 569 g/mol. The highest BCUT2D eigenvalue weighted by molar-refractivity contribution is 7.90. The number of fused-ring (bicyclic) bond motifs is 1. The molecule has 1 aromatic heterocycles. The number of benzene rings is 2. The summed E-state index contributed by atoms with van der Waals surface area (Å²) >= 11 is 0. The number of hydrogen-bond donors (Lipinski definition) is 2. The average molecular weight is 606 g/mol. The van der Waals surface area contributed by atoms with Crippen LogP contribution >= 0.6 is 0 Å². The Bertz CT molecular complexity index is 1590. The normalized spacial score (nSPS) is 21.1. The number of quaternary nitrogens is 1. The van der Waals surface area contributed by atoms with Crippen LogP contribution in [0.5, 0.6) is 5.75 Å². The number of rotatable bonds is 7. The van der Waals surface area contributed by atoms with Gasteiger partial charge in [0.25, 0.3) is 0 Å². The van der Waals surface area contributed by atoms with Crippen molar-refractivity contribution >= 4 is 32.1 Å². The highest BCUT2D eigenvalue weighted by Crippen LogP contribution is 2.32. The van der Waals surface area contributed by atoms with Crippen molar-refractivity contribution in [2.24, 2.45) is 0 Å². The zero-order valence-corrected chi connectivity index (χ0v) is 24.6. The number of alkyl halides is 3. The van der Waals surface area contributed by atoms with Crippen molar-refractivity contribution in [2.75, 3.05) is 63.5 Å². The van der Waals surface area contributed by atoms with Crippen molar-refractivity contribution in [3.63, 3.8) is 0 Å². The summed E-state index contributed by atoms with van der Waals surface area (Å²) in [6, 6.07) is 11.8. The Morgan fingerprint density at radius 1 is 1.12 bits per heavy atom. The number of nitrogens with zero attached hydrogens (tertiary/aromatic N) is 2. The van der Waals surface area contributed by atoms with E-state index in [9.17, 15) is 21.6 Å². The Balaban J connectivity index is 1.35. The fourth-order valence-corrected chi connectivity index (χ4v) is 6.48. The summed E-state index contributed by atoms with van der Waals surface area (Å²) in [5.74, 6) is 6.14. The number of piperidine rings is 1. The minimum Gasteiger partial charge on any atom is -0.495 e. The molecule has 0 saturated carbocycles. The fraction of sp³-hybridized carbons (Fsp3) is 0.467. The first-order chi connectivity index (χ1) is 20.0. The summed E-state index contributed by atoms with van der Waals surface area (Å²) in [4.78, 5) is 0.117. The predicted octanol–water partition coefficient (Wildman–Crippen LogP) is 4.85. The highest BCUT2D eigenvalue weighted by Gasteiger charge is 2.36. The van der Waals surface area contributed by atoms with E-state index >= 15 is 0 Å². The lowest BCUT2D eigenvalue weighted by molar-refractivity contribution is -0.956. The first kappa shape index (κ1) is 30.1. The van der Waals surface area contributed by atoms with Gasteiger partial charge in [-0.2, -0.15) is 13.2 Å². The van der Waals surface area contributed by atoms with Crippen LogP contribution in [0.4, 0.5) is 24.5 Å². The molecule has 2 saturated heterocycles. The van der Waals surface area contributed by atoms with Crippen LogP contribution in [-0.4, -0.2) is 82.6 Å². The molecular formula is C30H36F3N4O4S+. The quantitative estimate of drug-likeness (QED) is 0.296. The zero-order valence-electron chi connectivity index (χ0n) is 23.8. The molecule has 226 valence electrons. The van der Waals surface area contributed by atoms with Crippen LogP contribution in [0.3, 0.4) is 0 Å². The van der Waals surface area contributed by atoms with Crippen molar-refractivity contribution < 1.29 is 35.5 Å². The van der Waals surface area contributed by atoms with Crippen LogP contribution in [0, 0.1) is 11.8 Å². The van der Waals surface area contributed by atoms with Gasteiger partial charge < -0.3 is 29.2 Å². The standard InChI is InChI=1S/C30H36F3N4O4S/c1-40-29-19-24(42(2,38)39)9-10-27(29)34-13-4-6-23-18-25-26(7-3-8-28(25)36(23)20-30(31,32)33)35-22-11-15-37(16-12-22)14-5-17-41-21-37/h3,7-10,18-19,22,34-35H,5,11-17,20-21H2,1-2H3/q+1. The van der Waals surface area contributed by atoms with Crippen molar-refractivity contribution in [1.82, 2.24) is 4.57 Å². The number of ether oxygens (including phenoxy) is 2. The Hall–Kier alpha value is -3.40. The molecule has 0 unspecified atom stereocenters. The van der Waals surface area contributed by atoms with Gasteiger partial charge in [0.1, 0.15) is 12.3 Å². The molecule has 5 rings (SSSR count). The zero-order chi connectivity index (χ0) is 30.0. The minimum absolute atomic E-state index is 0.110. The molecule has 3 heterocycles. The van der Waals surface area contributed by atoms with E-state index in [0.717, 1.165) is 68.7 Å². The summed E-state index contributed by atoms with van der Waals surface area (Å²) in [5.41, 5.74) is 2.06. The Morgan fingerprint density at radius 2 is 1.90 bits per heavy atom. The molecule has 12 heteroatoms. The van der Waals surface area contributed by atoms with Crippen LogP contribution in [0.25, 0.3) is 10.9 Å². The van der Waals surface area contributed by atoms with Crippen LogP contribution in [0.2, 0.25) is 0 Å². The lowest BCUT2D eigenvalue weighted by Crippen LogP contribution is -2.58. The third-order valence-corrected chi connectivity index (χ3v) is 9.13. The SMILES string of the molecule is COc1cc(S(C)(=O)=O)ccc1NCC#Cc1cc2c(NC3CC[N+]4(CCCOC4)CC3)cccc2n1CC(F)(F)F. The number of hydrogen-bond acceptors (Lipinski definition) is 6. The Kier molecular flexibility index (Phi) is 8.64. The molecule has 0 bridgehead atoms. The number of methoxy groups -OCH3 is 1. The second-order valence-corrected chi connectivity index (χ2v) is 13.1. The second-order valence-electron chi connectivity index (χ2n) is 11.1. The lowest BCUT2D eigenvalue weighted by atomic mass is 10.0. The van der Waals surface area contributed by atoms with E-state index in [-0.39, 0.29) is 23.2 Å². The van der Waals surface area contributed by atoms with Crippen LogP contribution in [-0.2, 0) is 21.1 Å². The predicted molar refractivity (Wildman–Crippen MR) is 156 cm³/mol. The van der Waals surface area contributed by atoms with Crippen LogP contribution in [0.15, 0.2) is 47.4 Å². The van der Waals surface area contributed by atoms with Crippen LogP contribution < -0.4 is 15.4 Å². The summed E-state index contributed by atoms with van der Waals surface area (Å²) in [6.45, 7) is 3.73. The first-order valence-corrected chi connectivity index (χ1v) is 15.8. The molecule has 1 spiro atoms. The monoisotopic (exact) mass is 605 g/mol. The van der Waals surface area contributed by atoms with Crippen molar-refractivity contribution in [1.29, 1.82) is 0 Å². The summed E-state index contributed by atoms with van der Waals surface area (Å²) in [7, 11) is -1.98. The molecule has 0 aliphatic carbocycles. The largest absolute Gasteiger partial charge is 0.495 e. The molecule has 3 aromatic rings. The Labute approximate surface area is 244 Å². The third kappa shape index (κ3) is 6.97. The van der Waals surface area contributed by atoms with Gasteiger partial charge >= 0.3 is 6.18 Å². The molecule has 0 atom stereocenters. The van der Waals surface area contributed by atoms with Gasteiger partial charge in [0.05, 0.1) is 61.7 Å². The summed E-state index contributed by atoms with van der Waals surface area (Å²) in [5, 5.41) is 7.36. The first-order valence-electron chi connectivity index (χ1n) is 14.0. The maximum Gasteiger partial charge on any atom is 0.406 e. The van der Waals surface area contributed by atoms with Crippen molar-refractivity contribution in [3.05, 3.63) is 48.2 Å². The molecule has 8 nitrogen and oxygen atoms in total. The molecule has 2 aliphatic rings. The molecule has 2 fully saturated rings. The number of anilines is 2. The molecule has 2 aliphatic heterocycles. The van der Waals surface area contributed by atoms with Gasteiger partial charge in [-0.3, -0.25) is 0 Å². The van der Waals surface area contributed by atoms with Gasteiger partial charge in [-0.25, -0.2) is 8.42 Å². The highest BCUT2D eigenvalue weighted by atomic mass is 32.2. The van der Waals surface area contributed by atoms with E-state index in [1.54, 1.807) is 24.3 Å². The fourth-order valence-electron chi connectivity index (χ4n) is 5.84. The van der Waals surface area contributed by atoms with Gasteiger partial charge in [0.15, 0.2) is 16.6 Å². The van der Waals surface area contributed by atoms with Gasteiger partial charge in [0, 0.05) is 48.7 Å². The maximum atomic E-state index is 13.6. The molecule has 2 N–H and O–H groups in total. The van der Waals surface area contributed by atoms with E-state index in [1.807, 2.05) is 6.07 Å². The summed E-state index contributed by atoms with van der Waals surface area (Å²) in [6.07, 6.45) is -0.299. The van der Waals surface area contributed by atoms with Crippen LogP contribution in [0.1, 0.15) is 25.0 Å². The Morgan fingerprint density at radius 3 is 2.57 bits per heavy atom. The lowest BCUT2D eigenvalue weighted by Gasteiger charge is -2.45. The molecule has 0 radical (unpaired) electrons. The van der Waals surface area contributed by atoms with Gasteiger partial charge in [0.2, 0.25) is 0 Å². The number of sulfone groups is 1.